The molecule has 0 spiro atoms. The van der Waals surface area contributed by atoms with E-state index in [0.29, 0.717) is 0 Å². The van der Waals surface area contributed by atoms with Crippen LogP contribution in [0.1, 0.15) is 66.2 Å². The Morgan fingerprint density at radius 2 is 1.85 bits per heavy atom. The van der Waals surface area contributed by atoms with Crippen LogP contribution in [0.2, 0.25) is 0 Å². The van der Waals surface area contributed by atoms with Crippen molar-refractivity contribution in [3.05, 3.63) is 0 Å². The summed E-state index contributed by atoms with van der Waals surface area (Å²) in [5.74, 6) is 0.789. The van der Waals surface area contributed by atoms with E-state index in [1.807, 2.05) is 0 Å². The zero-order valence-electron chi connectivity index (χ0n) is 14.2. The summed E-state index contributed by atoms with van der Waals surface area (Å²) in [7, 11) is 0. The molecular formula is C17H36N2O. The minimum absolute atomic E-state index is 0.128. The van der Waals surface area contributed by atoms with Crippen molar-refractivity contribution in [1.29, 1.82) is 0 Å². The topological polar surface area (TPSA) is 38.5 Å². The second kappa shape index (κ2) is 9.01. The highest BCUT2D eigenvalue weighted by atomic mass is 16.5. The molecular weight excluding hydrogens is 248 g/mol. The van der Waals surface area contributed by atoms with Gasteiger partial charge in [-0.2, -0.15) is 0 Å². The van der Waals surface area contributed by atoms with Gasteiger partial charge in [0, 0.05) is 24.7 Å². The van der Waals surface area contributed by atoms with Gasteiger partial charge in [0.2, 0.25) is 0 Å². The lowest BCUT2D eigenvalue weighted by atomic mass is 9.80. The molecule has 120 valence electrons. The van der Waals surface area contributed by atoms with Crippen LogP contribution in [-0.2, 0) is 4.74 Å². The first kappa shape index (κ1) is 17.9. The van der Waals surface area contributed by atoms with Crippen LogP contribution in [-0.4, -0.2) is 42.8 Å². The highest BCUT2D eigenvalue weighted by Crippen LogP contribution is 2.29. The van der Waals surface area contributed by atoms with Crippen LogP contribution in [0.25, 0.3) is 0 Å². The summed E-state index contributed by atoms with van der Waals surface area (Å²) < 4.78 is 5.49. The van der Waals surface area contributed by atoms with E-state index in [1.165, 1.54) is 25.7 Å². The van der Waals surface area contributed by atoms with Crippen molar-refractivity contribution >= 4 is 0 Å². The Balaban J connectivity index is 2.61. The summed E-state index contributed by atoms with van der Waals surface area (Å²) in [6.45, 7) is 13.0. The van der Waals surface area contributed by atoms with Crippen molar-refractivity contribution in [2.45, 2.75) is 77.8 Å². The average molecular weight is 284 g/mol. The van der Waals surface area contributed by atoms with E-state index in [0.717, 1.165) is 45.1 Å². The molecule has 0 aromatic carbocycles. The molecule has 0 radical (unpaired) electrons. The van der Waals surface area contributed by atoms with Gasteiger partial charge < -0.3 is 10.5 Å². The molecule has 0 aromatic rings. The fourth-order valence-corrected chi connectivity index (χ4v) is 3.39. The number of nitrogens with two attached hydrogens (primary N) is 1. The number of nitrogens with zero attached hydrogens (tertiary/aromatic N) is 1. The Bertz CT molecular complexity index is 253. The third-order valence-corrected chi connectivity index (χ3v) is 5.38. The van der Waals surface area contributed by atoms with Gasteiger partial charge >= 0.3 is 0 Å². The van der Waals surface area contributed by atoms with Gasteiger partial charge in [-0.1, -0.05) is 46.5 Å². The lowest BCUT2D eigenvalue weighted by molar-refractivity contribution is -0.0302. The van der Waals surface area contributed by atoms with E-state index in [4.69, 9.17) is 10.5 Å². The number of ether oxygens (including phenoxy) is 1. The Morgan fingerprint density at radius 1 is 1.20 bits per heavy atom. The van der Waals surface area contributed by atoms with Gasteiger partial charge in [-0.25, -0.2) is 0 Å². The smallest absolute Gasteiger partial charge is 0.0594 e. The second-order valence-corrected chi connectivity index (χ2v) is 6.57. The summed E-state index contributed by atoms with van der Waals surface area (Å²) in [6, 6.07) is 0.271. The lowest BCUT2D eigenvalue weighted by Gasteiger charge is -2.47. The fraction of sp³-hybridized carbons (Fsp3) is 1.00. The van der Waals surface area contributed by atoms with Gasteiger partial charge in [0.05, 0.1) is 13.2 Å². The van der Waals surface area contributed by atoms with Gasteiger partial charge in [-0.15, -0.1) is 0 Å². The molecule has 0 saturated carbocycles. The fourth-order valence-electron chi connectivity index (χ4n) is 3.39. The summed E-state index contributed by atoms with van der Waals surface area (Å²) in [6.07, 6.45) is 7.52. The van der Waals surface area contributed by atoms with E-state index in [1.54, 1.807) is 0 Å². The van der Waals surface area contributed by atoms with Crippen molar-refractivity contribution in [2.75, 3.05) is 26.3 Å². The first-order valence-electron chi connectivity index (χ1n) is 8.66. The largest absolute Gasteiger partial charge is 0.379 e. The van der Waals surface area contributed by atoms with Crippen LogP contribution in [0.3, 0.4) is 0 Å². The zero-order valence-corrected chi connectivity index (χ0v) is 14.2. The Hall–Kier alpha value is -0.120. The first-order valence-corrected chi connectivity index (χ1v) is 8.66. The maximum Gasteiger partial charge on any atom is 0.0594 e. The Kier molecular flexibility index (Phi) is 8.08. The minimum Gasteiger partial charge on any atom is -0.379 e. The molecule has 3 unspecified atom stereocenters. The normalized spacial score (nSPS) is 23.2. The zero-order chi connectivity index (χ0) is 15.0. The molecule has 2 N–H and O–H groups in total. The van der Waals surface area contributed by atoms with Gasteiger partial charge in [0.25, 0.3) is 0 Å². The molecule has 0 aliphatic carbocycles. The summed E-state index contributed by atoms with van der Waals surface area (Å²) in [4.78, 5) is 2.56. The molecule has 3 atom stereocenters. The Labute approximate surface area is 126 Å². The molecule has 3 heteroatoms. The van der Waals surface area contributed by atoms with E-state index < -0.39 is 0 Å². The minimum atomic E-state index is 0.128. The van der Waals surface area contributed by atoms with Crippen molar-refractivity contribution in [3.63, 3.8) is 0 Å². The molecule has 1 saturated heterocycles. The molecule has 0 amide bonds. The summed E-state index contributed by atoms with van der Waals surface area (Å²) in [5.41, 5.74) is 6.79. The highest BCUT2D eigenvalue weighted by Gasteiger charge is 2.37. The summed E-state index contributed by atoms with van der Waals surface area (Å²) in [5, 5.41) is 0. The van der Waals surface area contributed by atoms with Crippen molar-refractivity contribution in [1.82, 2.24) is 4.90 Å². The van der Waals surface area contributed by atoms with Crippen LogP contribution < -0.4 is 5.73 Å². The van der Waals surface area contributed by atoms with Crippen molar-refractivity contribution in [3.8, 4) is 0 Å². The van der Waals surface area contributed by atoms with Crippen LogP contribution in [0.5, 0.6) is 0 Å². The molecule has 1 heterocycles. The van der Waals surface area contributed by atoms with Gasteiger partial charge in [0.15, 0.2) is 0 Å². The number of hydrogen-bond acceptors (Lipinski definition) is 3. The SMILES string of the molecule is CCCCC(CC)CC(N)C(C)(CC)N1CCOCC1. The van der Waals surface area contributed by atoms with E-state index in [2.05, 4.69) is 32.6 Å². The number of rotatable bonds is 9. The summed E-state index contributed by atoms with van der Waals surface area (Å²) >= 11 is 0. The molecule has 20 heavy (non-hydrogen) atoms. The number of hydrogen-bond donors (Lipinski definition) is 1. The standard InChI is InChI=1S/C17H36N2O/c1-5-8-9-15(6-2)14-16(18)17(4,7-3)19-10-12-20-13-11-19/h15-16H,5-14,18H2,1-4H3. The monoisotopic (exact) mass is 284 g/mol. The molecule has 0 bridgehead atoms. The van der Waals surface area contributed by atoms with E-state index in [-0.39, 0.29) is 11.6 Å². The molecule has 1 aliphatic rings. The van der Waals surface area contributed by atoms with Crippen molar-refractivity contribution < 1.29 is 4.74 Å². The lowest BCUT2D eigenvalue weighted by Crippen LogP contribution is -2.61. The van der Waals surface area contributed by atoms with Crippen LogP contribution in [0.15, 0.2) is 0 Å². The average Bonchev–Trinajstić information content (AvgIpc) is 2.51. The first-order chi connectivity index (χ1) is 9.58. The van der Waals surface area contributed by atoms with Gasteiger partial charge in [-0.05, 0) is 25.7 Å². The molecule has 1 fully saturated rings. The van der Waals surface area contributed by atoms with Crippen molar-refractivity contribution in [2.24, 2.45) is 11.7 Å². The quantitative estimate of drug-likeness (QED) is 0.705. The molecule has 1 aliphatic heterocycles. The number of unbranched alkanes of at least 4 members (excludes halogenated alkanes) is 1. The van der Waals surface area contributed by atoms with Crippen LogP contribution >= 0.6 is 0 Å². The van der Waals surface area contributed by atoms with Crippen LogP contribution in [0, 0.1) is 5.92 Å². The highest BCUT2D eigenvalue weighted by molar-refractivity contribution is 4.96. The third-order valence-electron chi connectivity index (χ3n) is 5.38. The maximum absolute atomic E-state index is 6.66. The molecule has 3 nitrogen and oxygen atoms in total. The van der Waals surface area contributed by atoms with Gasteiger partial charge in [-0.3, -0.25) is 4.90 Å². The predicted octanol–water partition coefficient (Wildman–Crippen LogP) is 3.42. The second-order valence-electron chi connectivity index (χ2n) is 6.57. The van der Waals surface area contributed by atoms with E-state index >= 15 is 0 Å². The number of morpholine rings is 1. The van der Waals surface area contributed by atoms with Gasteiger partial charge in [0.1, 0.15) is 0 Å². The molecule has 1 rings (SSSR count). The van der Waals surface area contributed by atoms with Crippen LogP contribution in [0.4, 0.5) is 0 Å². The third kappa shape index (κ3) is 4.71. The molecule has 0 aromatic heterocycles. The Morgan fingerprint density at radius 3 is 2.35 bits per heavy atom. The van der Waals surface area contributed by atoms with E-state index in [9.17, 15) is 0 Å². The predicted molar refractivity (Wildman–Crippen MR) is 87.0 cm³/mol. The maximum atomic E-state index is 6.66.